The summed E-state index contributed by atoms with van der Waals surface area (Å²) >= 11 is 6.07. The molecule has 1 aromatic heterocycles. The molecule has 5 nitrogen and oxygen atoms in total. The molecule has 0 saturated heterocycles. The molecule has 132 valence electrons. The fraction of sp³-hybridized carbons (Fsp3) is 0.150. The Morgan fingerprint density at radius 3 is 2.46 bits per heavy atom. The Kier molecular flexibility index (Phi) is 5.49. The zero-order valence-electron chi connectivity index (χ0n) is 14.6. The SMILES string of the molecule is Cc1ccc(CNc2cnc(C(=O)Nc3ccc(C)c(Cl)c3)cn2)cc1. The normalized spacial score (nSPS) is 10.4. The average Bonchev–Trinajstić information content (AvgIpc) is 2.65. The highest BCUT2D eigenvalue weighted by Gasteiger charge is 2.09. The Hall–Kier alpha value is -2.92. The number of aromatic nitrogens is 2. The van der Waals surface area contributed by atoms with Crippen LogP contribution in [0, 0.1) is 13.8 Å². The minimum atomic E-state index is -0.331. The molecule has 1 heterocycles. The molecule has 3 rings (SSSR count). The molecular formula is C20H19ClN4O. The molecule has 0 aliphatic carbocycles. The molecule has 0 spiro atoms. The van der Waals surface area contributed by atoms with E-state index in [-0.39, 0.29) is 11.6 Å². The highest BCUT2D eigenvalue weighted by Crippen LogP contribution is 2.20. The summed E-state index contributed by atoms with van der Waals surface area (Å²) in [7, 11) is 0. The van der Waals surface area contributed by atoms with E-state index >= 15 is 0 Å². The Morgan fingerprint density at radius 2 is 1.81 bits per heavy atom. The largest absolute Gasteiger partial charge is 0.365 e. The summed E-state index contributed by atoms with van der Waals surface area (Å²) in [5, 5.41) is 6.55. The van der Waals surface area contributed by atoms with Gasteiger partial charge in [-0.25, -0.2) is 9.97 Å². The van der Waals surface area contributed by atoms with Crippen LogP contribution >= 0.6 is 11.6 Å². The summed E-state index contributed by atoms with van der Waals surface area (Å²) in [6, 6.07) is 13.6. The topological polar surface area (TPSA) is 66.9 Å². The molecule has 0 aliphatic heterocycles. The van der Waals surface area contributed by atoms with E-state index in [0.29, 0.717) is 23.1 Å². The van der Waals surface area contributed by atoms with Gasteiger partial charge >= 0.3 is 0 Å². The van der Waals surface area contributed by atoms with Crippen molar-refractivity contribution in [3.05, 3.63) is 82.3 Å². The number of carbonyl (C=O) groups is 1. The van der Waals surface area contributed by atoms with Gasteiger partial charge in [-0.3, -0.25) is 4.79 Å². The lowest BCUT2D eigenvalue weighted by Gasteiger charge is -2.08. The fourth-order valence-corrected chi connectivity index (χ4v) is 2.48. The Bertz CT molecular complexity index is 908. The zero-order chi connectivity index (χ0) is 18.5. The van der Waals surface area contributed by atoms with E-state index in [9.17, 15) is 4.79 Å². The second-order valence-corrected chi connectivity index (χ2v) is 6.45. The predicted octanol–water partition coefficient (Wildman–Crippen LogP) is 4.61. The van der Waals surface area contributed by atoms with Crippen LogP contribution in [0.25, 0.3) is 0 Å². The Balaban J connectivity index is 1.60. The average molecular weight is 367 g/mol. The molecule has 26 heavy (non-hydrogen) atoms. The van der Waals surface area contributed by atoms with Gasteiger partial charge in [0.05, 0.1) is 12.4 Å². The fourth-order valence-electron chi connectivity index (χ4n) is 2.30. The van der Waals surface area contributed by atoms with Crippen molar-refractivity contribution in [3.8, 4) is 0 Å². The molecule has 0 unspecified atom stereocenters. The number of nitrogens with one attached hydrogen (secondary N) is 2. The molecule has 0 aliphatic rings. The lowest BCUT2D eigenvalue weighted by atomic mass is 10.1. The third-order valence-corrected chi connectivity index (χ3v) is 4.32. The van der Waals surface area contributed by atoms with Gasteiger partial charge in [-0.1, -0.05) is 47.5 Å². The first-order valence-electron chi connectivity index (χ1n) is 8.20. The number of benzene rings is 2. The number of rotatable bonds is 5. The molecule has 0 saturated carbocycles. The van der Waals surface area contributed by atoms with Crippen molar-refractivity contribution in [2.75, 3.05) is 10.6 Å². The van der Waals surface area contributed by atoms with Crippen LogP contribution in [0.2, 0.25) is 5.02 Å². The molecule has 3 aromatic rings. The van der Waals surface area contributed by atoms with Crippen molar-refractivity contribution in [2.45, 2.75) is 20.4 Å². The quantitative estimate of drug-likeness (QED) is 0.691. The number of amides is 1. The molecule has 2 aromatic carbocycles. The number of aryl methyl sites for hydroxylation is 2. The van der Waals surface area contributed by atoms with Gasteiger partial charge < -0.3 is 10.6 Å². The maximum absolute atomic E-state index is 12.3. The van der Waals surface area contributed by atoms with Gasteiger partial charge in [-0.2, -0.15) is 0 Å². The van der Waals surface area contributed by atoms with Gasteiger partial charge in [-0.15, -0.1) is 0 Å². The number of nitrogens with zero attached hydrogens (tertiary/aromatic N) is 2. The van der Waals surface area contributed by atoms with Crippen LogP contribution in [-0.4, -0.2) is 15.9 Å². The van der Waals surface area contributed by atoms with Crippen molar-refractivity contribution in [1.82, 2.24) is 9.97 Å². The molecule has 0 bridgehead atoms. The standard InChI is InChI=1S/C20H19ClN4O/c1-13-3-6-15(7-4-13)10-23-19-12-22-18(11-24-19)20(26)25-16-8-5-14(2)17(21)9-16/h3-9,11-12H,10H2,1-2H3,(H,23,24)(H,25,26). The van der Waals surface area contributed by atoms with Crippen molar-refractivity contribution in [1.29, 1.82) is 0 Å². The highest BCUT2D eigenvalue weighted by atomic mass is 35.5. The highest BCUT2D eigenvalue weighted by molar-refractivity contribution is 6.31. The summed E-state index contributed by atoms with van der Waals surface area (Å²) in [6.45, 7) is 4.60. The first-order chi connectivity index (χ1) is 12.5. The summed E-state index contributed by atoms with van der Waals surface area (Å²) in [4.78, 5) is 20.7. The van der Waals surface area contributed by atoms with E-state index < -0.39 is 0 Å². The Labute approximate surface area is 157 Å². The van der Waals surface area contributed by atoms with Crippen molar-refractivity contribution in [2.24, 2.45) is 0 Å². The van der Waals surface area contributed by atoms with E-state index in [4.69, 9.17) is 11.6 Å². The molecule has 6 heteroatoms. The van der Waals surface area contributed by atoms with Crippen LogP contribution in [0.3, 0.4) is 0 Å². The summed E-state index contributed by atoms with van der Waals surface area (Å²) < 4.78 is 0. The van der Waals surface area contributed by atoms with Crippen molar-refractivity contribution >= 4 is 29.0 Å². The van der Waals surface area contributed by atoms with E-state index in [1.807, 2.05) is 13.0 Å². The van der Waals surface area contributed by atoms with Gasteiger partial charge in [0, 0.05) is 17.3 Å². The number of carbonyl (C=O) groups excluding carboxylic acids is 1. The van der Waals surface area contributed by atoms with E-state index in [0.717, 1.165) is 11.1 Å². The van der Waals surface area contributed by atoms with Crippen LogP contribution in [0.4, 0.5) is 11.5 Å². The summed E-state index contributed by atoms with van der Waals surface area (Å²) in [5.74, 6) is 0.281. The lowest BCUT2D eigenvalue weighted by Crippen LogP contribution is -2.14. The third-order valence-electron chi connectivity index (χ3n) is 3.91. The lowest BCUT2D eigenvalue weighted by molar-refractivity contribution is 0.102. The first kappa shape index (κ1) is 17.9. The molecule has 2 N–H and O–H groups in total. The number of hydrogen-bond acceptors (Lipinski definition) is 4. The van der Waals surface area contributed by atoms with Crippen LogP contribution in [-0.2, 0) is 6.54 Å². The van der Waals surface area contributed by atoms with Crippen LogP contribution < -0.4 is 10.6 Å². The summed E-state index contributed by atoms with van der Waals surface area (Å²) in [5.41, 5.74) is 4.18. The number of halogens is 1. The maximum atomic E-state index is 12.3. The van der Waals surface area contributed by atoms with E-state index in [1.165, 1.54) is 11.8 Å². The van der Waals surface area contributed by atoms with Crippen LogP contribution in [0.5, 0.6) is 0 Å². The molecule has 0 atom stereocenters. The molecular weight excluding hydrogens is 348 g/mol. The molecule has 0 fully saturated rings. The smallest absolute Gasteiger partial charge is 0.275 e. The molecule has 0 radical (unpaired) electrons. The minimum Gasteiger partial charge on any atom is -0.365 e. The summed E-state index contributed by atoms with van der Waals surface area (Å²) in [6.07, 6.45) is 2.99. The van der Waals surface area contributed by atoms with Crippen LogP contribution in [0.1, 0.15) is 27.2 Å². The van der Waals surface area contributed by atoms with Gasteiger partial charge in [0.25, 0.3) is 5.91 Å². The zero-order valence-corrected chi connectivity index (χ0v) is 15.3. The second-order valence-electron chi connectivity index (χ2n) is 6.04. The number of hydrogen-bond donors (Lipinski definition) is 2. The van der Waals surface area contributed by atoms with Gasteiger partial charge in [-0.05, 0) is 37.1 Å². The second kappa shape index (κ2) is 7.97. The van der Waals surface area contributed by atoms with Crippen LogP contribution in [0.15, 0.2) is 54.9 Å². The van der Waals surface area contributed by atoms with Crippen molar-refractivity contribution in [3.63, 3.8) is 0 Å². The van der Waals surface area contributed by atoms with Gasteiger partial charge in [0.1, 0.15) is 11.5 Å². The van der Waals surface area contributed by atoms with Gasteiger partial charge in [0.15, 0.2) is 0 Å². The van der Waals surface area contributed by atoms with Crippen molar-refractivity contribution < 1.29 is 4.79 Å². The maximum Gasteiger partial charge on any atom is 0.275 e. The Morgan fingerprint density at radius 1 is 1.04 bits per heavy atom. The van der Waals surface area contributed by atoms with E-state index in [2.05, 4.69) is 51.8 Å². The van der Waals surface area contributed by atoms with Gasteiger partial charge in [0.2, 0.25) is 0 Å². The monoisotopic (exact) mass is 366 g/mol. The first-order valence-corrected chi connectivity index (χ1v) is 8.58. The minimum absolute atomic E-state index is 0.239. The van der Waals surface area contributed by atoms with E-state index in [1.54, 1.807) is 18.3 Å². The predicted molar refractivity (Wildman–Crippen MR) is 105 cm³/mol. The number of anilines is 2. The molecule has 1 amide bonds. The third kappa shape index (κ3) is 4.58.